The predicted octanol–water partition coefficient (Wildman–Crippen LogP) is 5.57. The Labute approximate surface area is 131 Å². The minimum Gasteiger partial charge on any atom is -0.312 e. The molecule has 0 unspecified atom stereocenters. The van der Waals surface area contributed by atoms with E-state index in [9.17, 15) is 0 Å². The van der Waals surface area contributed by atoms with E-state index in [1.54, 1.807) is 11.3 Å². The number of thiophene rings is 1. The van der Waals surface area contributed by atoms with Gasteiger partial charge in [0.1, 0.15) is 0 Å². The van der Waals surface area contributed by atoms with Crippen LogP contribution in [0.5, 0.6) is 0 Å². The first-order valence-electron chi connectivity index (χ1n) is 7.37. The molecule has 1 N–H and O–H groups in total. The Morgan fingerprint density at radius 2 is 1.75 bits per heavy atom. The average molecular weight is 310 g/mol. The molecule has 0 aliphatic rings. The summed E-state index contributed by atoms with van der Waals surface area (Å²) in [7, 11) is 0. The van der Waals surface area contributed by atoms with Gasteiger partial charge in [-0.05, 0) is 30.4 Å². The van der Waals surface area contributed by atoms with Crippen molar-refractivity contribution in [2.75, 3.05) is 6.54 Å². The topological polar surface area (TPSA) is 12.0 Å². The molecule has 2 aromatic rings. The summed E-state index contributed by atoms with van der Waals surface area (Å²) in [5, 5.41) is 5.69. The van der Waals surface area contributed by atoms with Gasteiger partial charge in [0.2, 0.25) is 0 Å². The molecule has 3 heteroatoms. The molecule has 1 aromatic heterocycles. The van der Waals surface area contributed by atoms with Crippen LogP contribution in [0.2, 0.25) is 5.02 Å². The van der Waals surface area contributed by atoms with Crippen molar-refractivity contribution >= 4 is 33.0 Å². The molecule has 0 fully saturated rings. The van der Waals surface area contributed by atoms with E-state index < -0.39 is 0 Å². The maximum Gasteiger partial charge on any atom is 0.0636 e. The standard InChI is InChI=1S/C17H24ClNS/c1-11(2)14(12(3)4)9-19-10-16-17(18)13-7-5-6-8-15(13)20-16/h5-8,11-12,14,19H,9-10H2,1-4H3. The number of fused-ring (bicyclic) bond motifs is 1. The highest BCUT2D eigenvalue weighted by atomic mass is 35.5. The number of hydrogen-bond donors (Lipinski definition) is 1. The molecule has 0 radical (unpaired) electrons. The molecule has 1 aromatic carbocycles. The van der Waals surface area contributed by atoms with Crippen LogP contribution in [0.3, 0.4) is 0 Å². The Morgan fingerprint density at radius 3 is 2.35 bits per heavy atom. The summed E-state index contributed by atoms with van der Waals surface area (Å²) < 4.78 is 1.28. The van der Waals surface area contributed by atoms with E-state index in [2.05, 4.69) is 51.2 Å². The second-order valence-corrected chi connectivity index (χ2v) is 7.63. The smallest absolute Gasteiger partial charge is 0.0636 e. The highest BCUT2D eigenvalue weighted by Crippen LogP contribution is 2.35. The Balaban J connectivity index is 2.01. The monoisotopic (exact) mass is 309 g/mol. The normalized spacial score (nSPS) is 12.2. The quantitative estimate of drug-likeness (QED) is 0.735. The largest absolute Gasteiger partial charge is 0.312 e. The molecule has 2 rings (SSSR count). The van der Waals surface area contributed by atoms with Crippen molar-refractivity contribution in [2.45, 2.75) is 34.2 Å². The number of halogens is 1. The fraction of sp³-hybridized carbons (Fsp3) is 0.529. The van der Waals surface area contributed by atoms with E-state index in [1.807, 2.05) is 6.07 Å². The van der Waals surface area contributed by atoms with Gasteiger partial charge in [-0.1, -0.05) is 57.5 Å². The highest BCUT2D eigenvalue weighted by Gasteiger charge is 2.17. The van der Waals surface area contributed by atoms with Gasteiger partial charge < -0.3 is 5.32 Å². The Kier molecular flexibility index (Phi) is 5.48. The van der Waals surface area contributed by atoms with Crippen molar-refractivity contribution in [3.05, 3.63) is 34.2 Å². The van der Waals surface area contributed by atoms with E-state index in [0.717, 1.165) is 18.1 Å². The van der Waals surface area contributed by atoms with Gasteiger partial charge in [-0.25, -0.2) is 0 Å². The lowest BCUT2D eigenvalue weighted by atomic mass is 9.85. The predicted molar refractivity (Wildman–Crippen MR) is 91.7 cm³/mol. The third-order valence-corrected chi connectivity index (χ3v) is 5.69. The van der Waals surface area contributed by atoms with E-state index in [0.29, 0.717) is 17.8 Å². The summed E-state index contributed by atoms with van der Waals surface area (Å²) in [6.45, 7) is 11.1. The highest BCUT2D eigenvalue weighted by molar-refractivity contribution is 7.19. The molecule has 20 heavy (non-hydrogen) atoms. The zero-order valence-corrected chi connectivity index (χ0v) is 14.3. The fourth-order valence-electron chi connectivity index (χ4n) is 2.77. The molecule has 0 saturated heterocycles. The second kappa shape index (κ2) is 6.93. The molecule has 0 saturated carbocycles. The van der Waals surface area contributed by atoms with Gasteiger partial charge in [-0.3, -0.25) is 0 Å². The molecule has 0 spiro atoms. The van der Waals surface area contributed by atoms with E-state index in [-0.39, 0.29) is 0 Å². The van der Waals surface area contributed by atoms with Gasteiger partial charge in [0, 0.05) is 21.5 Å². The first-order valence-corrected chi connectivity index (χ1v) is 8.56. The van der Waals surface area contributed by atoms with Crippen molar-refractivity contribution in [1.82, 2.24) is 5.32 Å². The zero-order chi connectivity index (χ0) is 14.7. The second-order valence-electron chi connectivity index (χ2n) is 6.12. The molecule has 1 heterocycles. The molecule has 0 aliphatic heterocycles. The summed E-state index contributed by atoms with van der Waals surface area (Å²) in [5.74, 6) is 2.13. The Bertz CT molecular complexity index is 551. The molecular formula is C17H24ClNS. The maximum atomic E-state index is 6.47. The van der Waals surface area contributed by atoms with Crippen LogP contribution in [0.4, 0.5) is 0 Å². The van der Waals surface area contributed by atoms with Gasteiger partial charge in [0.15, 0.2) is 0 Å². The zero-order valence-electron chi connectivity index (χ0n) is 12.7. The SMILES string of the molecule is CC(C)C(CNCc1sc2ccccc2c1Cl)C(C)C. The summed E-state index contributed by atoms with van der Waals surface area (Å²) in [4.78, 5) is 1.25. The van der Waals surface area contributed by atoms with E-state index in [1.165, 1.54) is 15.0 Å². The van der Waals surface area contributed by atoms with Gasteiger partial charge >= 0.3 is 0 Å². The summed E-state index contributed by atoms with van der Waals surface area (Å²) in [6, 6.07) is 8.36. The van der Waals surface area contributed by atoms with Gasteiger partial charge in [0.25, 0.3) is 0 Å². The molecule has 0 amide bonds. The average Bonchev–Trinajstić information content (AvgIpc) is 2.71. The van der Waals surface area contributed by atoms with Crippen LogP contribution < -0.4 is 5.32 Å². The van der Waals surface area contributed by atoms with Crippen LogP contribution in [0.15, 0.2) is 24.3 Å². The molecule has 1 nitrogen and oxygen atoms in total. The van der Waals surface area contributed by atoms with Crippen LogP contribution in [0, 0.1) is 17.8 Å². The van der Waals surface area contributed by atoms with Crippen LogP contribution in [0.1, 0.15) is 32.6 Å². The summed E-state index contributed by atoms with van der Waals surface area (Å²) in [6.07, 6.45) is 0. The van der Waals surface area contributed by atoms with E-state index in [4.69, 9.17) is 11.6 Å². The van der Waals surface area contributed by atoms with Crippen LogP contribution >= 0.6 is 22.9 Å². The third-order valence-electron chi connectivity index (χ3n) is 3.98. The minimum absolute atomic E-state index is 0.709. The first kappa shape index (κ1) is 15.8. The van der Waals surface area contributed by atoms with Crippen LogP contribution in [-0.4, -0.2) is 6.54 Å². The van der Waals surface area contributed by atoms with Crippen molar-refractivity contribution < 1.29 is 0 Å². The minimum atomic E-state index is 0.709. The Hall–Kier alpha value is -0.570. The number of benzene rings is 1. The van der Waals surface area contributed by atoms with Crippen molar-refractivity contribution in [1.29, 1.82) is 0 Å². The first-order chi connectivity index (χ1) is 9.50. The number of nitrogens with one attached hydrogen (secondary N) is 1. The summed E-state index contributed by atoms with van der Waals surface area (Å²) in [5.41, 5.74) is 0. The lowest BCUT2D eigenvalue weighted by Gasteiger charge is -2.25. The van der Waals surface area contributed by atoms with Crippen LogP contribution in [0.25, 0.3) is 10.1 Å². The van der Waals surface area contributed by atoms with E-state index >= 15 is 0 Å². The third kappa shape index (κ3) is 3.55. The lowest BCUT2D eigenvalue weighted by molar-refractivity contribution is 0.276. The molecule has 0 atom stereocenters. The van der Waals surface area contributed by atoms with Crippen molar-refractivity contribution in [3.63, 3.8) is 0 Å². The van der Waals surface area contributed by atoms with Gasteiger partial charge in [-0.2, -0.15) is 0 Å². The molecule has 110 valence electrons. The van der Waals surface area contributed by atoms with Crippen LogP contribution in [-0.2, 0) is 6.54 Å². The number of hydrogen-bond acceptors (Lipinski definition) is 2. The molecular weight excluding hydrogens is 286 g/mol. The molecule has 0 aliphatic carbocycles. The van der Waals surface area contributed by atoms with Crippen molar-refractivity contribution in [2.24, 2.45) is 17.8 Å². The summed E-state index contributed by atoms with van der Waals surface area (Å²) >= 11 is 8.27. The Morgan fingerprint density at radius 1 is 1.10 bits per heavy atom. The fourth-order valence-corrected chi connectivity index (χ4v) is 4.24. The molecule has 0 bridgehead atoms. The lowest BCUT2D eigenvalue weighted by Crippen LogP contribution is -2.29. The van der Waals surface area contributed by atoms with Gasteiger partial charge in [0.05, 0.1) is 5.02 Å². The van der Waals surface area contributed by atoms with Crippen molar-refractivity contribution in [3.8, 4) is 0 Å². The van der Waals surface area contributed by atoms with Gasteiger partial charge in [-0.15, -0.1) is 11.3 Å². The maximum absolute atomic E-state index is 6.47. The number of rotatable bonds is 6.